The van der Waals surface area contributed by atoms with Crippen LogP contribution in [0.2, 0.25) is 0 Å². The highest BCUT2D eigenvalue weighted by molar-refractivity contribution is 7.89. The van der Waals surface area contributed by atoms with Gasteiger partial charge >= 0.3 is 5.97 Å². The summed E-state index contributed by atoms with van der Waals surface area (Å²) in [6, 6.07) is 0. The number of esters is 1. The molecule has 0 aliphatic carbocycles. The second-order valence-corrected chi connectivity index (χ2v) is 6.34. The molecular weight excluding hydrogens is 254 g/mol. The van der Waals surface area contributed by atoms with Gasteiger partial charge in [0.1, 0.15) is 5.54 Å². The van der Waals surface area contributed by atoms with Crippen molar-refractivity contribution in [2.45, 2.75) is 26.3 Å². The minimum atomic E-state index is -3.54. The lowest BCUT2D eigenvalue weighted by molar-refractivity contribution is -0.146. The quantitative estimate of drug-likeness (QED) is 0.571. The van der Waals surface area contributed by atoms with E-state index in [-0.39, 0.29) is 17.6 Å². The topological polar surface area (TPSA) is 72.5 Å². The first kappa shape index (κ1) is 15.7. The highest BCUT2D eigenvalue weighted by Crippen LogP contribution is 2.09. The molecule has 0 aliphatic heterocycles. The fraction of sp³-hybridized carbons (Fsp3) is 0.889. The summed E-state index contributed by atoms with van der Waals surface area (Å²) in [6.45, 7) is 4.61. The van der Waals surface area contributed by atoms with Crippen molar-refractivity contribution in [3.8, 4) is 0 Å². The van der Waals surface area contributed by atoms with Crippen molar-refractivity contribution >= 4 is 27.6 Å². The first-order valence-electron chi connectivity index (χ1n) is 4.80. The van der Waals surface area contributed by atoms with E-state index in [0.29, 0.717) is 0 Å². The number of halogens is 1. The van der Waals surface area contributed by atoms with Crippen molar-refractivity contribution in [2.24, 2.45) is 5.92 Å². The van der Waals surface area contributed by atoms with Crippen molar-refractivity contribution in [2.75, 3.05) is 18.7 Å². The molecule has 0 fully saturated rings. The molecule has 96 valence electrons. The third-order valence-electron chi connectivity index (χ3n) is 1.87. The highest BCUT2D eigenvalue weighted by atomic mass is 35.5. The number of ether oxygens (including phenoxy) is 1. The molecule has 7 heteroatoms. The van der Waals surface area contributed by atoms with E-state index in [4.69, 9.17) is 11.6 Å². The van der Waals surface area contributed by atoms with E-state index in [9.17, 15) is 13.2 Å². The molecule has 0 rings (SSSR count). The maximum atomic E-state index is 11.7. The largest absolute Gasteiger partial charge is 0.468 e. The van der Waals surface area contributed by atoms with E-state index < -0.39 is 21.5 Å². The second kappa shape index (κ2) is 5.84. The van der Waals surface area contributed by atoms with Gasteiger partial charge in [-0.1, -0.05) is 6.92 Å². The summed E-state index contributed by atoms with van der Waals surface area (Å²) in [6.07, 6.45) is 0. The summed E-state index contributed by atoms with van der Waals surface area (Å²) in [5.41, 5.74) is -1.26. The average Bonchev–Trinajstić information content (AvgIpc) is 2.13. The lowest BCUT2D eigenvalue weighted by atomic mass is 10.1. The SMILES string of the molecule is COC(=O)C(C)(C)NS(=O)(=O)CC(C)CCl. The lowest BCUT2D eigenvalue weighted by Crippen LogP contribution is -2.51. The van der Waals surface area contributed by atoms with Crippen LogP contribution in [0.1, 0.15) is 20.8 Å². The van der Waals surface area contributed by atoms with E-state index in [2.05, 4.69) is 9.46 Å². The maximum absolute atomic E-state index is 11.7. The normalized spacial score (nSPS) is 14.6. The van der Waals surface area contributed by atoms with Gasteiger partial charge < -0.3 is 4.74 Å². The Morgan fingerprint density at radius 3 is 2.38 bits per heavy atom. The molecule has 1 N–H and O–H groups in total. The van der Waals surface area contributed by atoms with Crippen molar-refractivity contribution in [3.63, 3.8) is 0 Å². The number of carbonyl (C=O) groups excluding carboxylic acids is 1. The second-order valence-electron chi connectivity index (χ2n) is 4.26. The van der Waals surface area contributed by atoms with Gasteiger partial charge in [0.2, 0.25) is 10.0 Å². The number of nitrogens with one attached hydrogen (secondary N) is 1. The van der Waals surface area contributed by atoms with Gasteiger partial charge in [-0.3, -0.25) is 4.79 Å². The smallest absolute Gasteiger partial charge is 0.326 e. The standard InChI is InChI=1S/C9H18ClNO4S/c1-7(5-10)6-16(13,14)11-9(2,3)8(12)15-4/h7,11H,5-6H2,1-4H3. The number of alkyl halides is 1. The zero-order chi connectivity index (χ0) is 13.0. The van der Waals surface area contributed by atoms with Crippen LogP contribution in [-0.2, 0) is 19.6 Å². The predicted molar refractivity (Wildman–Crippen MR) is 62.9 cm³/mol. The molecule has 0 radical (unpaired) electrons. The van der Waals surface area contributed by atoms with E-state index in [0.717, 1.165) is 0 Å². The average molecular weight is 272 g/mol. The highest BCUT2D eigenvalue weighted by Gasteiger charge is 2.33. The minimum absolute atomic E-state index is 0.114. The summed E-state index contributed by atoms with van der Waals surface area (Å²) >= 11 is 5.54. The number of sulfonamides is 1. The first-order chi connectivity index (χ1) is 7.14. The van der Waals surface area contributed by atoms with Gasteiger partial charge in [-0.2, -0.15) is 4.72 Å². The van der Waals surface area contributed by atoms with Crippen molar-refractivity contribution < 1.29 is 17.9 Å². The molecule has 0 saturated heterocycles. The molecule has 0 aromatic carbocycles. The number of hydrogen-bond donors (Lipinski definition) is 1. The van der Waals surface area contributed by atoms with Crippen molar-refractivity contribution in [3.05, 3.63) is 0 Å². The summed E-state index contributed by atoms with van der Waals surface area (Å²) in [4.78, 5) is 11.3. The molecule has 1 unspecified atom stereocenters. The zero-order valence-corrected chi connectivity index (χ0v) is 11.5. The Bertz CT molecular complexity index is 339. The van der Waals surface area contributed by atoms with Gasteiger partial charge in [-0.15, -0.1) is 11.6 Å². The molecular formula is C9H18ClNO4S. The van der Waals surface area contributed by atoms with Crippen molar-refractivity contribution in [1.82, 2.24) is 4.72 Å². The van der Waals surface area contributed by atoms with E-state index in [1.165, 1.54) is 21.0 Å². The Morgan fingerprint density at radius 1 is 1.50 bits per heavy atom. The number of carbonyl (C=O) groups is 1. The molecule has 5 nitrogen and oxygen atoms in total. The molecule has 0 aromatic heterocycles. The van der Waals surface area contributed by atoms with Crippen LogP contribution in [0.3, 0.4) is 0 Å². The molecule has 0 amide bonds. The van der Waals surface area contributed by atoms with Crippen LogP contribution in [-0.4, -0.2) is 38.7 Å². The number of hydrogen-bond acceptors (Lipinski definition) is 4. The zero-order valence-electron chi connectivity index (χ0n) is 9.91. The summed E-state index contributed by atoms with van der Waals surface area (Å²) in [7, 11) is -2.33. The monoisotopic (exact) mass is 271 g/mol. The van der Waals surface area contributed by atoms with E-state index >= 15 is 0 Å². The predicted octanol–water partition coefficient (Wildman–Crippen LogP) is 0.732. The number of rotatable bonds is 6. The lowest BCUT2D eigenvalue weighted by Gasteiger charge is -2.23. The molecule has 1 atom stereocenters. The van der Waals surface area contributed by atoms with Crippen LogP contribution < -0.4 is 4.72 Å². The van der Waals surface area contributed by atoms with E-state index in [1.54, 1.807) is 6.92 Å². The van der Waals surface area contributed by atoms with Gasteiger partial charge in [0.25, 0.3) is 0 Å². The van der Waals surface area contributed by atoms with Crippen LogP contribution >= 0.6 is 11.6 Å². The molecule has 0 aliphatic rings. The Kier molecular flexibility index (Phi) is 5.72. The van der Waals surface area contributed by atoms with Gasteiger partial charge in [0, 0.05) is 5.88 Å². The molecule has 0 spiro atoms. The maximum Gasteiger partial charge on any atom is 0.326 e. The van der Waals surface area contributed by atoms with Crippen LogP contribution in [0.25, 0.3) is 0 Å². The van der Waals surface area contributed by atoms with Gasteiger partial charge in [-0.05, 0) is 19.8 Å². The molecule has 16 heavy (non-hydrogen) atoms. The third-order valence-corrected chi connectivity index (χ3v) is 4.23. The number of methoxy groups -OCH3 is 1. The molecule has 0 saturated carbocycles. The first-order valence-corrected chi connectivity index (χ1v) is 6.99. The van der Waals surface area contributed by atoms with Crippen molar-refractivity contribution in [1.29, 1.82) is 0 Å². The fourth-order valence-electron chi connectivity index (χ4n) is 1.15. The van der Waals surface area contributed by atoms with Crippen LogP contribution in [0.5, 0.6) is 0 Å². The molecule has 0 aromatic rings. The van der Waals surface area contributed by atoms with Crippen LogP contribution in [0.4, 0.5) is 0 Å². The van der Waals surface area contributed by atoms with Crippen LogP contribution in [0, 0.1) is 5.92 Å². The third kappa shape index (κ3) is 5.14. The Hall–Kier alpha value is -0.330. The fourth-order valence-corrected chi connectivity index (χ4v) is 3.20. The minimum Gasteiger partial charge on any atom is -0.468 e. The van der Waals surface area contributed by atoms with Gasteiger partial charge in [-0.25, -0.2) is 8.42 Å². The Labute approximate surface area is 102 Å². The summed E-state index contributed by atoms with van der Waals surface area (Å²) in [5.74, 6) is -0.668. The molecule has 0 heterocycles. The summed E-state index contributed by atoms with van der Waals surface area (Å²) in [5, 5.41) is 0. The molecule has 0 bridgehead atoms. The van der Waals surface area contributed by atoms with Gasteiger partial charge in [0.15, 0.2) is 0 Å². The van der Waals surface area contributed by atoms with Gasteiger partial charge in [0.05, 0.1) is 12.9 Å². The van der Waals surface area contributed by atoms with E-state index in [1.807, 2.05) is 0 Å². The Morgan fingerprint density at radius 2 is 2.00 bits per heavy atom. The summed E-state index contributed by atoms with van der Waals surface area (Å²) < 4.78 is 30.1. The van der Waals surface area contributed by atoms with Crippen LogP contribution in [0.15, 0.2) is 0 Å². The Balaban J connectivity index is 4.65.